The van der Waals surface area contributed by atoms with Crippen molar-refractivity contribution in [3.05, 3.63) is 58.6 Å². The van der Waals surface area contributed by atoms with E-state index in [1.807, 2.05) is 20.8 Å². The van der Waals surface area contributed by atoms with Gasteiger partial charge in [0.1, 0.15) is 5.75 Å². The van der Waals surface area contributed by atoms with Gasteiger partial charge in [0.2, 0.25) is 0 Å². The molecule has 5 nitrogen and oxygen atoms in total. The molecule has 0 unspecified atom stereocenters. The Bertz CT molecular complexity index is 797. The Morgan fingerprint density at radius 2 is 1.68 bits per heavy atom. The highest BCUT2D eigenvalue weighted by Crippen LogP contribution is 2.25. The summed E-state index contributed by atoms with van der Waals surface area (Å²) in [5, 5.41) is 6.06. The second-order valence-corrected chi connectivity index (χ2v) is 6.98. The first-order valence-electron chi connectivity index (χ1n) is 7.77. The number of nitrogens with one attached hydrogen (secondary N) is 2. The molecule has 0 aliphatic carbocycles. The number of rotatable bonds is 4. The summed E-state index contributed by atoms with van der Waals surface area (Å²) in [6.07, 6.45) is 0. The molecule has 0 spiro atoms. The molecule has 0 aliphatic heterocycles. The normalized spacial score (nSPS) is 10.9. The van der Waals surface area contributed by atoms with Crippen molar-refractivity contribution in [2.75, 3.05) is 12.4 Å². The number of para-hydroxylation sites is 1. The number of amides is 2. The van der Waals surface area contributed by atoms with Gasteiger partial charge in [0, 0.05) is 10.6 Å². The largest absolute Gasteiger partial charge is 0.496 e. The molecule has 0 heterocycles. The molecule has 0 radical (unpaired) electrons. The molecule has 2 N–H and O–H groups in total. The van der Waals surface area contributed by atoms with E-state index < -0.39 is 5.91 Å². The highest BCUT2D eigenvalue weighted by atomic mass is 35.5. The molecule has 2 amide bonds. The predicted octanol–water partition coefficient (Wildman–Crippen LogP) is 4.13. The van der Waals surface area contributed by atoms with E-state index in [1.54, 1.807) is 36.4 Å². The van der Waals surface area contributed by atoms with Crippen molar-refractivity contribution in [2.45, 2.75) is 26.3 Å². The SMILES string of the molecule is COc1ccc(Cl)cc1C(=O)Nc1ccccc1C(=O)NC(C)(C)C. The highest BCUT2D eigenvalue weighted by Gasteiger charge is 2.20. The van der Waals surface area contributed by atoms with Crippen molar-refractivity contribution in [3.8, 4) is 5.75 Å². The van der Waals surface area contributed by atoms with Gasteiger partial charge in [-0.15, -0.1) is 0 Å². The number of ether oxygens (including phenoxy) is 1. The fourth-order valence-corrected chi connectivity index (χ4v) is 2.42. The Hall–Kier alpha value is -2.53. The summed E-state index contributed by atoms with van der Waals surface area (Å²) in [5.41, 5.74) is 0.703. The molecule has 2 aromatic rings. The average Bonchev–Trinajstić information content (AvgIpc) is 2.53. The highest BCUT2D eigenvalue weighted by molar-refractivity contribution is 6.31. The minimum absolute atomic E-state index is 0.263. The van der Waals surface area contributed by atoms with Crippen LogP contribution >= 0.6 is 11.6 Å². The lowest BCUT2D eigenvalue weighted by atomic mass is 10.1. The maximum Gasteiger partial charge on any atom is 0.259 e. The van der Waals surface area contributed by atoms with Crippen molar-refractivity contribution < 1.29 is 14.3 Å². The van der Waals surface area contributed by atoms with E-state index in [0.29, 0.717) is 27.6 Å². The minimum atomic E-state index is -0.407. The molecular weight excluding hydrogens is 340 g/mol. The predicted molar refractivity (Wildman–Crippen MR) is 99.6 cm³/mol. The third kappa shape index (κ3) is 4.97. The van der Waals surface area contributed by atoms with Crippen LogP contribution < -0.4 is 15.4 Å². The van der Waals surface area contributed by atoms with Crippen LogP contribution in [0.15, 0.2) is 42.5 Å². The summed E-state index contributed by atoms with van der Waals surface area (Å²) < 4.78 is 5.20. The average molecular weight is 361 g/mol. The van der Waals surface area contributed by atoms with Crippen molar-refractivity contribution in [1.82, 2.24) is 5.32 Å². The van der Waals surface area contributed by atoms with E-state index in [1.165, 1.54) is 13.2 Å². The molecule has 0 aromatic heterocycles. The van der Waals surface area contributed by atoms with Crippen LogP contribution in [-0.4, -0.2) is 24.5 Å². The van der Waals surface area contributed by atoms with Gasteiger partial charge in [0.15, 0.2) is 0 Å². The Morgan fingerprint density at radius 3 is 2.32 bits per heavy atom. The fraction of sp³-hybridized carbons (Fsp3) is 0.263. The van der Waals surface area contributed by atoms with Gasteiger partial charge < -0.3 is 15.4 Å². The van der Waals surface area contributed by atoms with Crippen molar-refractivity contribution in [1.29, 1.82) is 0 Å². The number of anilines is 1. The minimum Gasteiger partial charge on any atom is -0.496 e. The molecular formula is C19H21ClN2O3. The fourth-order valence-electron chi connectivity index (χ4n) is 2.25. The van der Waals surface area contributed by atoms with Gasteiger partial charge in [-0.3, -0.25) is 9.59 Å². The van der Waals surface area contributed by atoms with E-state index >= 15 is 0 Å². The Kier molecular flexibility index (Phi) is 5.69. The first kappa shape index (κ1) is 18.8. The zero-order valence-corrected chi connectivity index (χ0v) is 15.4. The first-order valence-corrected chi connectivity index (χ1v) is 8.15. The smallest absolute Gasteiger partial charge is 0.259 e. The van der Waals surface area contributed by atoms with Crippen LogP contribution in [0.2, 0.25) is 5.02 Å². The number of hydrogen-bond donors (Lipinski definition) is 2. The third-order valence-corrected chi connectivity index (χ3v) is 3.55. The lowest BCUT2D eigenvalue weighted by Gasteiger charge is -2.21. The molecule has 0 bridgehead atoms. The van der Waals surface area contributed by atoms with Gasteiger partial charge >= 0.3 is 0 Å². The van der Waals surface area contributed by atoms with Crippen molar-refractivity contribution in [3.63, 3.8) is 0 Å². The number of hydrogen-bond acceptors (Lipinski definition) is 3. The van der Waals surface area contributed by atoms with Crippen molar-refractivity contribution >= 4 is 29.1 Å². The molecule has 0 saturated heterocycles. The van der Waals surface area contributed by atoms with Gasteiger partial charge in [-0.25, -0.2) is 0 Å². The van der Waals surface area contributed by atoms with Gasteiger partial charge in [-0.05, 0) is 51.1 Å². The quantitative estimate of drug-likeness (QED) is 0.861. The van der Waals surface area contributed by atoms with Gasteiger partial charge in [-0.2, -0.15) is 0 Å². The molecule has 0 aliphatic rings. The summed E-state index contributed by atoms with van der Waals surface area (Å²) >= 11 is 5.98. The van der Waals surface area contributed by atoms with E-state index in [-0.39, 0.29) is 11.4 Å². The molecule has 2 aromatic carbocycles. The molecule has 132 valence electrons. The molecule has 0 fully saturated rings. The second-order valence-electron chi connectivity index (χ2n) is 6.55. The van der Waals surface area contributed by atoms with E-state index in [9.17, 15) is 9.59 Å². The Labute approximate surface area is 152 Å². The van der Waals surface area contributed by atoms with Crippen LogP contribution in [0.5, 0.6) is 5.75 Å². The summed E-state index contributed by atoms with van der Waals surface area (Å²) in [4.78, 5) is 25.1. The summed E-state index contributed by atoms with van der Waals surface area (Å²) in [7, 11) is 1.48. The molecule has 0 saturated carbocycles. The number of halogens is 1. The zero-order valence-electron chi connectivity index (χ0n) is 14.6. The van der Waals surface area contributed by atoms with Gasteiger partial charge in [-0.1, -0.05) is 23.7 Å². The lowest BCUT2D eigenvalue weighted by molar-refractivity contribution is 0.0920. The van der Waals surface area contributed by atoms with Crippen LogP contribution in [0.1, 0.15) is 41.5 Å². The Morgan fingerprint density at radius 1 is 1.00 bits per heavy atom. The van der Waals surface area contributed by atoms with Crippen LogP contribution in [0.4, 0.5) is 5.69 Å². The van der Waals surface area contributed by atoms with Gasteiger partial charge in [0.25, 0.3) is 11.8 Å². The number of carbonyl (C=O) groups is 2. The standard InChI is InChI=1S/C19H21ClN2O3/c1-19(2,3)22-18(24)13-7-5-6-8-15(13)21-17(23)14-11-12(20)9-10-16(14)25-4/h5-11H,1-4H3,(H,21,23)(H,22,24). The van der Waals surface area contributed by atoms with Crippen LogP contribution in [-0.2, 0) is 0 Å². The monoisotopic (exact) mass is 360 g/mol. The summed E-state index contributed by atoms with van der Waals surface area (Å²) in [6, 6.07) is 11.6. The van der Waals surface area contributed by atoms with E-state index in [2.05, 4.69) is 10.6 Å². The topological polar surface area (TPSA) is 67.4 Å². The number of methoxy groups -OCH3 is 1. The number of carbonyl (C=O) groups excluding carboxylic acids is 2. The molecule has 6 heteroatoms. The molecule has 25 heavy (non-hydrogen) atoms. The first-order chi connectivity index (χ1) is 11.7. The van der Waals surface area contributed by atoms with E-state index in [0.717, 1.165) is 0 Å². The third-order valence-electron chi connectivity index (χ3n) is 3.31. The molecule has 2 rings (SSSR count). The lowest BCUT2D eigenvalue weighted by Crippen LogP contribution is -2.40. The van der Waals surface area contributed by atoms with Crippen molar-refractivity contribution in [2.24, 2.45) is 0 Å². The summed E-state index contributed by atoms with van der Waals surface area (Å²) in [5.74, 6) is -0.268. The van der Waals surface area contributed by atoms with E-state index in [4.69, 9.17) is 16.3 Å². The number of benzene rings is 2. The zero-order chi connectivity index (χ0) is 18.6. The maximum atomic E-state index is 12.6. The summed E-state index contributed by atoms with van der Waals surface area (Å²) in [6.45, 7) is 5.68. The van der Waals surface area contributed by atoms with Crippen LogP contribution in [0, 0.1) is 0 Å². The van der Waals surface area contributed by atoms with Crippen LogP contribution in [0.25, 0.3) is 0 Å². The molecule has 0 atom stereocenters. The Balaban J connectivity index is 2.31. The maximum absolute atomic E-state index is 12.6. The van der Waals surface area contributed by atoms with Gasteiger partial charge in [0.05, 0.1) is 23.9 Å². The second kappa shape index (κ2) is 7.57. The van der Waals surface area contributed by atoms with Crippen LogP contribution in [0.3, 0.4) is 0 Å².